The Morgan fingerprint density at radius 2 is 1.78 bits per heavy atom. The molecule has 1 aromatic heterocycles. The predicted molar refractivity (Wildman–Crippen MR) is 140 cm³/mol. The van der Waals surface area contributed by atoms with E-state index in [4.69, 9.17) is 4.74 Å². The van der Waals surface area contributed by atoms with Crippen LogP contribution in [0.3, 0.4) is 0 Å². The molecule has 0 bridgehead atoms. The summed E-state index contributed by atoms with van der Waals surface area (Å²) in [5, 5.41) is 10.1. The first kappa shape index (κ1) is 24.8. The molecule has 2 fully saturated rings. The quantitative estimate of drug-likeness (QED) is 0.433. The van der Waals surface area contributed by atoms with Crippen LogP contribution in [0.2, 0.25) is 0 Å². The van der Waals surface area contributed by atoms with Crippen LogP contribution in [0.4, 0.5) is 22.2 Å². The topological polar surface area (TPSA) is 87.2 Å². The molecule has 36 heavy (non-hydrogen) atoms. The van der Waals surface area contributed by atoms with E-state index in [1.807, 2.05) is 0 Å². The molecule has 5 rings (SSSR count). The van der Waals surface area contributed by atoms with Crippen molar-refractivity contribution in [2.24, 2.45) is 5.92 Å². The van der Waals surface area contributed by atoms with E-state index in [1.165, 1.54) is 51.0 Å². The third-order valence-corrected chi connectivity index (χ3v) is 7.59. The summed E-state index contributed by atoms with van der Waals surface area (Å²) in [6, 6.07) is -0.0879. The molecule has 0 spiro atoms. The molecule has 3 heterocycles. The highest BCUT2D eigenvalue weighted by atomic mass is 19.1. The number of likely N-dealkylation sites (N-methyl/N-ethyl adjacent to an activating group) is 1. The molecule has 194 valence electrons. The lowest BCUT2D eigenvalue weighted by molar-refractivity contribution is 0.187. The molecule has 1 saturated carbocycles. The largest absolute Gasteiger partial charge is 0.490 e. The number of nitrogens with zero attached hydrogens (tertiary/aromatic N) is 4. The number of hydrogen-bond acceptors (Lipinski definition) is 8. The molecule has 1 aromatic rings. The molecule has 0 amide bonds. The number of ether oxygens (including phenoxy) is 1. The second-order valence-electron chi connectivity index (χ2n) is 10.2. The highest BCUT2D eigenvalue weighted by Crippen LogP contribution is 2.28. The lowest BCUT2D eigenvalue weighted by Crippen LogP contribution is -2.35. The van der Waals surface area contributed by atoms with Gasteiger partial charge < -0.3 is 20.7 Å². The third-order valence-electron chi connectivity index (χ3n) is 7.59. The van der Waals surface area contributed by atoms with Crippen molar-refractivity contribution in [2.45, 2.75) is 76.8 Å². The smallest absolute Gasteiger partial charge is 0.230 e. The van der Waals surface area contributed by atoms with Crippen molar-refractivity contribution in [2.75, 3.05) is 48.7 Å². The number of hydrogen-bond donors (Lipinski definition) is 3. The standard InChI is InChI=1S/C27H38FN7O/c1-2-35-14-6-11-22(35)18-30-26-32-25(29-17-19-8-4-3-5-9-19)33-27(34-26)31-21-13-12-20-10-7-15-36-24(20)23(28)16-21/h16,19,21-22H,2-11,14-15,17-18H2,1H3,(H3,29,30,31,32,33,34). The maximum absolute atomic E-state index is 14.9. The van der Waals surface area contributed by atoms with Gasteiger partial charge >= 0.3 is 0 Å². The first-order valence-electron chi connectivity index (χ1n) is 13.7. The summed E-state index contributed by atoms with van der Waals surface area (Å²) >= 11 is 0. The van der Waals surface area contributed by atoms with E-state index in [0.717, 1.165) is 44.6 Å². The maximum atomic E-state index is 14.9. The second-order valence-corrected chi connectivity index (χ2v) is 10.2. The van der Waals surface area contributed by atoms with Gasteiger partial charge in [0.2, 0.25) is 17.8 Å². The van der Waals surface area contributed by atoms with Crippen molar-refractivity contribution in [3.63, 3.8) is 0 Å². The molecular weight excluding hydrogens is 457 g/mol. The van der Waals surface area contributed by atoms with Crippen molar-refractivity contribution >= 4 is 17.8 Å². The summed E-state index contributed by atoms with van der Waals surface area (Å²) in [6.45, 7) is 6.54. The Hall–Kier alpha value is -2.86. The number of aromatic nitrogens is 3. The normalized spacial score (nSPS) is 24.7. The molecule has 1 saturated heterocycles. The highest BCUT2D eigenvalue weighted by Gasteiger charge is 2.24. The monoisotopic (exact) mass is 495 g/mol. The minimum atomic E-state index is -0.564. The molecule has 9 heteroatoms. The third kappa shape index (κ3) is 6.28. The number of rotatable bonds is 9. The Morgan fingerprint density at radius 3 is 2.58 bits per heavy atom. The van der Waals surface area contributed by atoms with Crippen LogP contribution in [0, 0.1) is 17.8 Å². The van der Waals surface area contributed by atoms with Crippen LogP contribution in [0.15, 0.2) is 23.2 Å². The minimum absolute atomic E-state index is 0.280. The van der Waals surface area contributed by atoms with Gasteiger partial charge in [0, 0.05) is 24.7 Å². The second kappa shape index (κ2) is 11.9. The van der Waals surface area contributed by atoms with Crippen molar-refractivity contribution in [1.82, 2.24) is 19.9 Å². The Kier molecular flexibility index (Phi) is 8.22. The van der Waals surface area contributed by atoms with Crippen LogP contribution in [0.25, 0.3) is 0 Å². The zero-order chi connectivity index (χ0) is 24.7. The van der Waals surface area contributed by atoms with Gasteiger partial charge in [0.15, 0.2) is 11.6 Å². The molecule has 4 aliphatic rings. The minimum Gasteiger partial charge on any atom is -0.490 e. The summed E-state index contributed by atoms with van der Waals surface area (Å²) in [4.78, 5) is 16.4. The molecule has 0 radical (unpaired) electrons. The van der Waals surface area contributed by atoms with Gasteiger partial charge in [-0.15, -0.1) is 0 Å². The highest BCUT2D eigenvalue weighted by molar-refractivity contribution is 5.50. The summed E-state index contributed by atoms with van der Waals surface area (Å²) in [5.74, 6) is 8.16. The average Bonchev–Trinajstić information content (AvgIpc) is 3.31. The van der Waals surface area contributed by atoms with E-state index < -0.39 is 11.9 Å². The fourth-order valence-corrected chi connectivity index (χ4v) is 5.58. The van der Waals surface area contributed by atoms with E-state index in [1.54, 1.807) is 0 Å². The summed E-state index contributed by atoms with van der Waals surface area (Å²) in [5.41, 5.74) is 0.726. The van der Waals surface area contributed by atoms with Crippen molar-refractivity contribution in [3.05, 3.63) is 23.2 Å². The Bertz CT molecular complexity index is 1040. The lowest BCUT2D eigenvalue weighted by Gasteiger charge is -2.23. The van der Waals surface area contributed by atoms with E-state index in [-0.39, 0.29) is 5.76 Å². The van der Waals surface area contributed by atoms with Gasteiger partial charge in [-0.05, 0) is 63.6 Å². The molecule has 2 aliphatic carbocycles. The Labute approximate surface area is 213 Å². The zero-order valence-electron chi connectivity index (χ0n) is 21.3. The van der Waals surface area contributed by atoms with E-state index in [0.29, 0.717) is 36.4 Å². The lowest BCUT2D eigenvalue weighted by atomic mass is 9.89. The molecule has 0 aromatic carbocycles. The van der Waals surface area contributed by atoms with E-state index in [9.17, 15) is 4.39 Å². The summed E-state index contributed by atoms with van der Waals surface area (Å²) < 4.78 is 20.4. The van der Waals surface area contributed by atoms with Gasteiger partial charge in [0.1, 0.15) is 6.04 Å². The molecular formula is C27H38FN7O. The number of nitrogens with one attached hydrogen (secondary N) is 3. The Morgan fingerprint density at radius 1 is 1.00 bits per heavy atom. The molecule has 3 N–H and O–H groups in total. The van der Waals surface area contributed by atoms with Crippen molar-refractivity contribution in [3.8, 4) is 11.8 Å². The summed E-state index contributed by atoms with van der Waals surface area (Å²) in [7, 11) is 0. The first-order valence-corrected chi connectivity index (χ1v) is 13.7. The van der Waals surface area contributed by atoms with E-state index in [2.05, 4.69) is 54.6 Å². The molecule has 2 atom stereocenters. The average molecular weight is 496 g/mol. The van der Waals surface area contributed by atoms with Gasteiger partial charge in [0.05, 0.1) is 6.61 Å². The van der Waals surface area contributed by atoms with Crippen molar-refractivity contribution in [1.29, 1.82) is 0 Å². The van der Waals surface area contributed by atoms with Gasteiger partial charge in [-0.2, -0.15) is 15.0 Å². The number of halogens is 1. The van der Waals surface area contributed by atoms with Crippen LogP contribution in [0.1, 0.15) is 64.7 Å². The Balaban J connectivity index is 1.31. The van der Waals surface area contributed by atoms with Crippen LogP contribution in [0.5, 0.6) is 0 Å². The van der Waals surface area contributed by atoms with Gasteiger partial charge in [-0.25, -0.2) is 4.39 Å². The van der Waals surface area contributed by atoms with Crippen molar-refractivity contribution < 1.29 is 9.13 Å². The fraction of sp³-hybridized carbons (Fsp3) is 0.667. The molecule has 8 nitrogen and oxygen atoms in total. The van der Waals surface area contributed by atoms with Crippen LogP contribution < -0.4 is 16.0 Å². The summed E-state index contributed by atoms with van der Waals surface area (Å²) in [6.07, 6.45) is 11.8. The number of anilines is 3. The number of allylic oxidation sites excluding steroid dienone is 2. The van der Waals surface area contributed by atoms with Gasteiger partial charge in [0.25, 0.3) is 0 Å². The molecule has 2 unspecified atom stereocenters. The fourth-order valence-electron chi connectivity index (χ4n) is 5.58. The first-order chi connectivity index (χ1) is 17.7. The molecule has 2 aliphatic heterocycles. The number of likely N-dealkylation sites (tertiary alicyclic amines) is 1. The SMILES string of the molecule is CCN1CCCC1CNc1nc(NCC2CCCCC2)nc(NC2C#CC3=C(OCCC3)C(F)=C2)n1. The zero-order valence-corrected chi connectivity index (χ0v) is 21.3. The maximum Gasteiger partial charge on any atom is 0.230 e. The van der Waals surface area contributed by atoms with Gasteiger partial charge in [-0.3, -0.25) is 4.90 Å². The predicted octanol–water partition coefficient (Wildman–Crippen LogP) is 4.48. The van der Waals surface area contributed by atoms with Gasteiger partial charge in [-0.1, -0.05) is 38.0 Å². The van der Waals surface area contributed by atoms with E-state index >= 15 is 0 Å². The van der Waals surface area contributed by atoms with Crippen LogP contribution in [-0.2, 0) is 4.74 Å². The van der Waals surface area contributed by atoms with Crippen LogP contribution >= 0.6 is 0 Å². The van der Waals surface area contributed by atoms with Crippen LogP contribution in [-0.4, -0.2) is 64.7 Å².